The van der Waals surface area contributed by atoms with Gasteiger partial charge in [-0.2, -0.15) is 0 Å². The standard InChI is InChI=1S/C21H21ClN2O3/c1-14-18(20(25)27-13-12-15-6-4-3-5-7-15)19(23-21(26)24(14)2)16-8-10-17(22)11-9-16/h3-11,19H,12-13H2,1-2H3,(H,23,26)/t19-/m1/s1. The molecule has 0 unspecified atom stereocenters. The van der Waals surface area contributed by atoms with Gasteiger partial charge in [-0.05, 0) is 30.2 Å². The molecule has 0 aromatic heterocycles. The van der Waals surface area contributed by atoms with Crippen LogP contribution in [0.25, 0.3) is 0 Å². The highest BCUT2D eigenvalue weighted by atomic mass is 35.5. The van der Waals surface area contributed by atoms with Crippen LogP contribution in [0.2, 0.25) is 5.02 Å². The molecule has 0 bridgehead atoms. The molecule has 1 aliphatic heterocycles. The number of rotatable bonds is 5. The maximum absolute atomic E-state index is 12.8. The topological polar surface area (TPSA) is 58.6 Å². The van der Waals surface area contributed by atoms with Gasteiger partial charge in [0.1, 0.15) is 0 Å². The molecule has 3 rings (SSSR count). The van der Waals surface area contributed by atoms with Crippen molar-refractivity contribution in [3.8, 4) is 0 Å². The molecule has 5 nitrogen and oxygen atoms in total. The number of carbonyl (C=O) groups excluding carboxylic acids is 2. The fourth-order valence-electron chi connectivity index (χ4n) is 2.99. The molecule has 1 heterocycles. The summed E-state index contributed by atoms with van der Waals surface area (Å²) in [6.07, 6.45) is 0.632. The van der Waals surface area contributed by atoms with Gasteiger partial charge < -0.3 is 15.0 Å². The lowest BCUT2D eigenvalue weighted by atomic mass is 9.95. The van der Waals surface area contributed by atoms with E-state index in [2.05, 4.69) is 5.32 Å². The molecule has 27 heavy (non-hydrogen) atoms. The van der Waals surface area contributed by atoms with Crippen LogP contribution in [0.3, 0.4) is 0 Å². The number of carbonyl (C=O) groups is 2. The van der Waals surface area contributed by atoms with Crippen molar-refractivity contribution in [2.75, 3.05) is 13.7 Å². The Morgan fingerprint density at radius 3 is 2.48 bits per heavy atom. The molecule has 2 aromatic carbocycles. The number of ether oxygens (including phenoxy) is 1. The number of halogens is 1. The molecule has 0 aliphatic carbocycles. The zero-order valence-electron chi connectivity index (χ0n) is 15.2. The Morgan fingerprint density at radius 1 is 1.15 bits per heavy atom. The Balaban J connectivity index is 1.80. The van der Waals surface area contributed by atoms with Gasteiger partial charge in [-0.1, -0.05) is 54.1 Å². The van der Waals surface area contributed by atoms with E-state index in [1.807, 2.05) is 30.3 Å². The van der Waals surface area contributed by atoms with Gasteiger partial charge in [0.2, 0.25) is 0 Å². The fraction of sp³-hybridized carbons (Fsp3) is 0.238. The number of amides is 2. The van der Waals surface area contributed by atoms with Crippen LogP contribution in [0, 0.1) is 0 Å². The summed E-state index contributed by atoms with van der Waals surface area (Å²) in [5, 5.41) is 3.45. The van der Waals surface area contributed by atoms with Crippen LogP contribution in [0.4, 0.5) is 4.79 Å². The highest BCUT2D eigenvalue weighted by Crippen LogP contribution is 2.31. The van der Waals surface area contributed by atoms with Crippen molar-refractivity contribution >= 4 is 23.6 Å². The van der Waals surface area contributed by atoms with E-state index in [9.17, 15) is 9.59 Å². The molecule has 0 fully saturated rings. The van der Waals surface area contributed by atoms with Crippen molar-refractivity contribution in [1.82, 2.24) is 10.2 Å². The smallest absolute Gasteiger partial charge is 0.338 e. The van der Waals surface area contributed by atoms with Gasteiger partial charge in [0, 0.05) is 24.2 Å². The summed E-state index contributed by atoms with van der Waals surface area (Å²) in [6, 6.07) is 16.0. The molecule has 6 heteroatoms. The number of hydrogen-bond donors (Lipinski definition) is 1. The van der Waals surface area contributed by atoms with Crippen LogP contribution in [0.5, 0.6) is 0 Å². The second kappa shape index (κ2) is 8.27. The van der Waals surface area contributed by atoms with Crippen molar-refractivity contribution in [2.45, 2.75) is 19.4 Å². The average Bonchev–Trinajstić information content (AvgIpc) is 2.67. The first-order chi connectivity index (χ1) is 13.0. The van der Waals surface area contributed by atoms with Crippen LogP contribution in [0.15, 0.2) is 65.9 Å². The molecule has 1 N–H and O–H groups in total. The summed E-state index contributed by atoms with van der Waals surface area (Å²) in [6.45, 7) is 2.01. The molecule has 140 valence electrons. The number of urea groups is 1. The molecule has 1 atom stereocenters. The Morgan fingerprint density at radius 2 is 1.81 bits per heavy atom. The Hall–Kier alpha value is -2.79. The predicted molar refractivity (Wildman–Crippen MR) is 104 cm³/mol. The largest absolute Gasteiger partial charge is 0.462 e. The summed E-state index contributed by atoms with van der Waals surface area (Å²) >= 11 is 5.96. The molecule has 2 amide bonds. The summed E-state index contributed by atoms with van der Waals surface area (Å²) in [5.41, 5.74) is 2.87. The van der Waals surface area contributed by atoms with Crippen molar-refractivity contribution in [3.63, 3.8) is 0 Å². The number of nitrogens with one attached hydrogen (secondary N) is 1. The first kappa shape index (κ1) is 19.0. The van der Waals surface area contributed by atoms with Crippen LogP contribution < -0.4 is 5.32 Å². The third-order valence-corrected chi connectivity index (χ3v) is 4.90. The summed E-state index contributed by atoms with van der Waals surface area (Å²) in [4.78, 5) is 26.5. The first-order valence-electron chi connectivity index (χ1n) is 8.69. The normalized spacial score (nSPS) is 16.9. The number of hydrogen-bond acceptors (Lipinski definition) is 3. The van der Waals surface area contributed by atoms with E-state index in [4.69, 9.17) is 16.3 Å². The van der Waals surface area contributed by atoms with Crippen molar-refractivity contribution in [1.29, 1.82) is 0 Å². The van der Waals surface area contributed by atoms with E-state index in [-0.39, 0.29) is 12.6 Å². The van der Waals surface area contributed by atoms with Crippen molar-refractivity contribution < 1.29 is 14.3 Å². The van der Waals surface area contributed by atoms with E-state index in [0.29, 0.717) is 22.7 Å². The van der Waals surface area contributed by atoms with Gasteiger partial charge in [0.15, 0.2) is 0 Å². The minimum Gasteiger partial charge on any atom is -0.462 e. The summed E-state index contributed by atoms with van der Waals surface area (Å²) in [7, 11) is 1.62. The van der Waals surface area contributed by atoms with Gasteiger partial charge in [0.25, 0.3) is 0 Å². The highest BCUT2D eigenvalue weighted by Gasteiger charge is 2.34. The Labute approximate surface area is 163 Å². The number of esters is 1. The van der Waals surface area contributed by atoms with Crippen molar-refractivity contribution in [3.05, 3.63) is 82.0 Å². The average molecular weight is 385 g/mol. The van der Waals surface area contributed by atoms with Gasteiger partial charge in [0.05, 0.1) is 18.2 Å². The maximum atomic E-state index is 12.8. The Kier molecular flexibility index (Phi) is 5.81. The molecule has 0 saturated heterocycles. The second-order valence-corrected chi connectivity index (χ2v) is 6.80. The van der Waals surface area contributed by atoms with E-state index < -0.39 is 12.0 Å². The zero-order valence-corrected chi connectivity index (χ0v) is 16.0. The van der Waals surface area contributed by atoms with E-state index in [1.165, 1.54) is 4.90 Å². The van der Waals surface area contributed by atoms with Gasteiger partial charge in [-0.15, -0.1) is 0 Å². The van der Waals surface area contributed by atoms with Crippen LogP contribution in [-0.4, -0.2) is 30.6 Å². The van der Waals surface area contributed by atoms with Gasteiger partial charge >= 0.3 is 12.0 Å². The lowest BCUT2D eigenvalue weighted by molar-refractivity contribution is -0.139. The summed E-state index contributed by atoms with van der Waals surface area (Å²) in [5.74, 6) is -0.435. The zero-order chi connectivity index (χ0) is 19.4. The molecule has 2 aromatic rings. The third kappa shape index (κ3) is 4.31. The lowest BCUT2D eigenvalue weighted by Crippen LogP contribution is -2.46. The number of allylic oxidation sites excluding steroid dienone is 1. The van der Waals surface area contributed by atoms with Crippen LogP contribution >= 0.6 is 11.6 Å². The monoisotopic (exact) mass is 384 g/mol. The van der Waals surface area contributed by atoms with Crippen LogP contribution in [-0.2, 0) is 16.0 Å². The summed E-state index contributed by atoms with van der Waals surface area (Å²) < 4.78 is 5.51. The quantitative estimate of drug-likeness (QED) is 0.789. The minimum absolute atomic E-state index is 0.268. The molecular weight excluding hydrogens is 364 g/mol. The number of nitrogens with zero attached hydrogens (tertiary/aromatic N) is 1. The maximum Gasteiger partial charge on any atom is 0.338 e. The minimum atomic E-state index is -0.574. The highest BCUT2D eigenvalue weighted by molar-refractivity contribution is 6.30. The molecule has 0 radical (unpaired) electrons. The molecular formula is C21H21ClN2O3. The van der Waals surface area contributed by atoms with Crippen LogP contribution in [0.1, 0.15) is 24.1 Å². The van der Waals surface area contributed by atoms with Gasteiger partial charge in [-0.25, -0.2) is 9.59 Å². The first-order valence-corrected chi connectivity index (χ1v) is 9.06. The van der Waals surface area contributed by atoms with Gasteiger partial charge in [-0.3, -0.25) is 0 Å². The van der Waals surface area contributed by atoms with E-state index >= 15 is 0 Å². The number of benzene rings is 2. The molecule has 1 aliphatic rings. The molecule has 0 saturated carbocycles. The van der Waals surface area contributed by atoms with E-state index in [1.54, 1.807) is 38.2 Å². The van der Waals surface area contributed by atoms with E-state index in [0.717, 1.165) is 11.1 Å². The second-order valence-electron chi connectivity index (χ2n) is 6.36. The predicted octanol–water partition coefficient (Wildman–Crippen LogP) is 4.10. The third-order valence-electron chi connectivity index (χ3n) is 4.64. The SMILES string of the molecule is CC1=C(C(=O)OCCc2ccccc2)[C@@H](c2ccc(Cl)cc2)NC(=O)N1C. The molecule has 0 spiro atoms. The fourth-order valence-corrected chi connectivity index (χ4v) is 3.12. The lowest BCUT2D eigenvalue weighted by Gasteiger charge is -2.33. The Bertz CT molecular complexity index is 863. The van der Waals surface area contributed by atoms with Crippen molar-refractivity contribution in [2.24, 2.45) is 0 Å².